The first-order chi connectivity index (χ1) is 14.6. The maximum absolute atomic E-state index is 13.6. The zero-order chi connectivity index (χ0) is 22.3. The normalized spacial score (nSPS) is 18.8. The van der Waals surface area contributed by atoms with Gasteiger partial charge in [-0.1, -0.05) is 12.1 Å². The minimum atomic E-state index is -3.92. The van der Waals surface area contributed by atoms with Crippen LogP contribution in [0.4, 0.5) is 4.39 Å². The molecule has 0 spiro atoms. The molecule has 0 bridgehead atoms. The molecule has 2 heterocycles. The van der Waals surface area contributed by atoms with Gasteiger partial charge in [-0.15, -0.1) is 0 Å². The van der Waals surface area contributed by atoms with Crippen LogP contribution in [0.15, 0.2) is 41.3 Å². The number of hydrogen-bond acceptors (Lipinski definition) is 5. The lowest BCUT2D eigenvalue weighted by Gasteiger charge is -2.29. The molecule has 1 saturated heterocycles. The molecule has 0 aromatic heterocycles. The fraction of sp³-hybridized carbons (Fsp3) is 0.286. The van der Waals surface area contributed by atoms with Crippen LogP contribution < -0.4 is 10.0 Å². The number of amides is 3. The predicted molar refractivity (Wildman–Crippen MR) is 108 cm³/mol. The van der Waals surface area contributed by atoms with E-state index >= 15 is 0 Å². The van der Waals surface area contributed by atoms with E-state index in [1.165, 1.54) is 17.0 Å². The zero-order valence-electron chi connectivity index (χ0n) is 16.6. The second-order valence-electron chi connectivity index (χ2n) is 7.68. The number of carbonyl (C=O) groups is 3. The van der Waals surface area contributed by atoms with E-state index in [0.717, 1.165) is 6.07 Å². The Morgan fingerprint density at radius 1 is 1.16 bits per heavy atom. The van der Waals surface area contributed by atoms with E-state index in [0.29, 0.717) is 22.3 Å². The number of aryl methyl sites for hydroxylation is 1. The van der Waals surface area contributed by atoms with Crippen LogP contribution in [-0.2, 0) is 32.7 Å². The smallest absolute Gasteiger partial charge is 0.255 e. The van der Waals surface area contributed by atoms with Gasteiger partial charge in [-0.3, -0.25) is 19.7 Å². The van der Waals surface area contributed by atoms with Crippen LogP contribution in [0.25, 0.3) is 0 Å². The summed E-state index contributed by atoms with van der Waals surface area (Å²) in [7, 11) is -3.92. The third-order valence-corrected chi connectivity index (χ3v) is 6.76. The van der Waals surface area contributed by atoms with E-state index < -0.39 is 27.8 Å². The summed E-state index contributed by atoms with van der Waals surface area (Å²) >= 11 is 0. The summed E-state index contributed by atoms with van der Waals surface area (Å²) in [5, 5.41) is 2.25. The summed E-state index contributed by atoms with van der Waals surface area (Å²) in [6, 6.07) is 7.79. The Hall–Kier alpha value is -3.11. The van der Waals surface area contributed by atoms with E-state index in [-0.39, 0.29) is 42.6 Å². The number of fused-ring (bicyclic) bond motifs is 1. The number of halogens is 1. The number of nitrogens with one attached hydrogen (secondary N) is 2. The number of piperidine rings is 1. The number of benzene rings is 2. The molecule has 0 radical (unpaired) electrons. The predicted octanol–water partition coefficient (Wildman–Crippen LogP) is 1.37. The molecule has 10 heteroatoms. The van der Waals surface area contributed by atoms with Gasteiger partial charge in [0.2, 0.25) is 21.8 Å². The van der Waals surface area contributed by atoms with Gasteiger partial charge in [-0.25, -0.2) is 17.5 Å². The molecule has 4 rings (SSSR count). The van der Waals surface area contributed by atoms with Crippen molar-refractivity contribution in [3.63, 3.8) is 0 Å². The monoisotopic (exact) mass is 445 g/mol. The van der Waals surface area contributed by atoms with Crippen LogP contribution in [0, 0.1) is 12.7 Å². The van der Waals surface area contributed by atoms with Crippen LogP contribution in [-0.4, -0.2) is 37.1 Å². The minimum Gasteiger partial charge on any atom is -0.322 e. The highest BCUT2D eigenvalue weighted by molar-refractivity contribution is 7.89. The molecule has 8 nitrogen and oxygen atoms in total. The van der Waals surface area contributed by atoms with Gasteiger partial charge in [0.1, 0.15) is 11.9 Å². The van der Waals surface area contributed by atoms with Crippen LogP contribution in [0.5, 0.6) is 0 Å². The molecule has 162 valence electrons. The van der Waals surface area contributed by atoms with Crippen molar-refractivity contribution in [2.45, 2.75) is 43.8 Å². The van der Waals surface area contributed by atoms with E-state index in [2.05, 4.69) is 10.0 Å². The molecule has 2 aromatic carbocycles. The quantitative estimate of drug-likeness (QED) is 0.675. The fourth-order valence-corrected chi connectivity index (χ4v) is 4.99. The van der Waals surface area contributed by atoms with Crippen molar-refractivity contribution in [2.75, 3.05) is 0 Å². The van der Waals surface area contributed by atoms with Crippen molar-refractivity contribution in [3.05, 3.63) is 64.5 Å². The first-order valence-corrected chi connectivity index (χ1v) is 11.2. The Morgan fingerprint density at radius 3 is 2.65 bits per heavy atom. The molecular formula is C21H20FN3O5S. The van der Waals surface area contributed by atoms with Gasteiger partial charge in [0.15, 0.2) is 0 Å². The lowest BCUT2D eigenvalue weighted by molar-refractivity contribution is -0.136. The average Bonchev–Trinajstić information content (AvgIpc) is 3.01. The van der Waals surface area contributed by atoms with Gasteiger partial charge in [-0.2, -0.15) is 0 Å². The minimum absolute atomic E-state index is 0.0439. The summed E-state index contributed by atoms with van der Waals surface area (Å²) in [5.74, 6) is -1.78. The number of carbonyl (C=O) groups excluding carboxylic acids is 3. The SMILES string of the molecule is Cc1cc(F)cc(S(=O)(=O)NCc2ccc3c(c2)CN(C2CCC(=O)NC2=O)C3=O)c1. The fourth-order valence-electron chi connectivity index (χ4n) is 3.86. The van der Waals surface area contributed by atoms with E-state index in [1.54, 1.807) is 25.1 Å². The van der Waals surface area contributed by atoms with Crippen LogP contribution >= 0.6 is 0 Å². The molecular weight excluding hydrogens is 425 g/mol. The highest BCUT2D eigenvalue weighted by Gasteiger charge is 2.39. The Bertz CT molecular complexity index is 1190. The molecule has 2 aromatic rings. The molecule has 1 fully saturated rings. The second kappa shape index (κ2) is 7.86. The highest BCUT2D eigenvalue weighted by Crippen LogP contribution is 2.28. The molecule has 1 atom stereocenters. The van der Waals surface area contributed by atoms with E-state index in [9.17, 15) is 27.2 Å². The molecule has 3 amide bonds. The molecule has 0 aliphatic carbocycles. The second-order valence-corrected chi connectivity index (χ2v) is 9.45. The van der Waals surface area contributed by atoms with Crippen LogP contribution in [0.2, 0.25) is 0 Å². The Balaban J connectivity index is 1.48. The standard InChI is InChI=1S/C21H20FN3O5S/c1-12-6-15(22)9-16(7-12)31(29,30)23-10-13-2-3-17-14(8-13)11-25(21(17)28)18-4-5-19(26)24-20(18)27/h2-3,6-9,18,23H,4-5,10-11H2,1H3,(H,24,26,27). The van der Waals surface area contributed by atoms with E-state index in [1.807, 2.05) is 0 Å². The molecule has 2 aliphatic rings. The lowest BCUT2D eigenvalue weighted by atomic mass is 10.0. The number of hydrogen-bond donors (Lipinski definition) is 2. The topological polar surface area (TPSA) is 113 Å². The van der Waals surface area contributed by atoms with E-state index in [4.69, 9.17) is 0 Å². The van der Waals surface area contributed by atoms with Crippen LogP contribution in [0.3, 0.4) is 0 Å². The summed E-state index contributed by atoms with van der Waals surface area (Å²) < 4.78 is 41.0. The van der Waals surface area contributed by atoms with Crippen molar-refractivity contribution in [3.8, 4) is 0 Å². The highest BCUT2D eigenvalue weighted by atomic mass is 32.2. The maximum Gasteiger partial charge on any atom is 0.255 e. The summed E-state index contributed by atoms with van der Waals surface area (Å²) in [6.45, 7) is 1.76. The van der Waals surface area contributed by atoms with Crippen molar-refractivity contribution < 1.29 is 27.2 Å². The van der Waals surface area contributed by atoms with Crippen molar-refractivity contribution >= 4 is 27.7 Å². The summed E-state index contributed by atoms with van der Waals surface area (Å²) in [6.07, 6.45) is 0.438. The molecule has 2 N–H and O–H groups in total. The van der Waals surface area contributed by atoms with Crippen molar-refractivity contribution in [1.29, 1.82) is 0 Å². The van der Waals surface area contributed by atoms with Gasteiger partial charge >= 0.3 is 0 Å². The number of rotatable bonds is 5. The summed E-state index contributed by atoms with van der Waals surface area (Å²) in [4.78, 5) is 37.5. The van der Waals surface area contributed by atoms with Gasteiger partial charge < -0.3 is 4.90 Å². The van der Waals surface area contributed by atoms with Crippen molar-refractivity contribution in [1.82, 2.24) is 14.9 Å². The van der Waals surface area contributed by atoms with Gasteiger partial charge in [0.25, 0.3) is 5.91 Å². The first-order valence-electron chi connectivity index (χ1n) is 9.67. The number of nitrogens with zero attached hydrogens (tertiary/aromatic N) is 1. The van der Waals surface area contributed by atoms with Gasteiger partial charge in [0.05, 0.1) is 4.90 Å². The van der Waals surface area contributed by atoms with Gasteiger partial charge in [-0.05, 0) is 54.3 Å². The molecule has 2 aliphatic heterocycles. The zero-order valence-corrected chi connectivity index (χ0v) is 17.5. The first kappa shape index (κ1) is 21.1. The maximum atomic E-state index is 13.6. The Morgan fingerprint density at radius 2 is 1.94 bits per heavy atom. The molecule has 1 unspecified atom stereocenters. The summed E-state index contributed by atoms with van der Waals surface area (Å²) in [5.41, 5.74) is 2.23. The Kier molecular flexibility index (Phi) is 5.36. The number of imide groups is 1. The third kappa shape index (κ3) is 4.21. The Labute approximate surface area is 178 Å². The molecule has 31 heavy (non-hydrogen) atoms. The van der Waals surface area contributed by atoms with Crippen LogP contribution in [0.1, 0.15) is 39.9 Å². The molecule has 0 saturated carbocycles. The average molecular weight is 445 g/mol. The van der Waals surface area contributed by atoms with Gasteiger partial charge in [0, 0.05) is 25.1 Å². The third-order valence-electron chi connectivity index (χ3n) is 5.38. The van der Waals surface area contributed by atoms with Crippen molar-refractivity contribution in [2.24, 2.45) is 0 Å². The number of sulfonamides is 1. The lowest BCUT2D eigenvalue weighted by Crippen LogP contribution is -2.52. The largest absolute Gasteiger partial charge is 0.322 e.